The maximum atomic E-state index is 12.9. The van der Waals surface area contributed by atoms with Crippen LogP contribution in [0, 0.1) is 6.92 Å². The Morgan fingerprint density at radius 2 is 2.12 bits per heavy atom. The normalized spacial score (nSPS) is 12.6. The van der Waals surface area contributed by atoms with Crippen molar-refractivity contribution < 1.29 is 14.3 Å². The van der Waals surface area contributed by atoms with E-state index in [9.17, 15) is 9.59 Å². The van der Waals surface area contributed by atoms with Crippen molar-refractivity contribution in [1.29, 1.82) is 0 Å². The van der Waals surface area contributed by atoms with Crippen LogP contribution in [0.4, 0.5) is 0 Å². The number of rotatable bonds is 3. The fraction of sp³-hybridized carbons (Fsp3) is 0.278. The summed E-state index contributed by atoms with van der Waals surface area (Å²) in [6.07, 6.45) is 1.48. The Morgan fingerprint density at radius 1 is 1.35 bits per heavy atom. The molecule has 4 rings (SSSR count). The number of carbonyl (C=O) groups is 1. The molecule has 134 valence electrons. The monoisotopic (exact) mass is 371 g/mol. The van der Waals surface area contributed by atoms with Crippen molar-refractivity contribution in [3.8, 4) is 11.5 Å². The summed E-state index contributed by atoms with van der Waals surface area (Å²) in [6, 6.07) is 5.63. The first-order valence-corrected chi connectivity index (χ1v) is 8.86. The molecule has 0 spiro atoms. The summed E-state index contributed by atoms with van der Waals surface area (Å²) in [4.78, 5) is 32.3. The van der Waals surface area contributed by atoms with Crippen LogP contribution in [0.25, 0.3) is 10.2 Å². The molecule has 7 nitrogen and oxygen atoms in total. The van der Waals surface area contributed by atoms with Gasteiger partial charge in [0.25, 0.3) is 11.5 Å². The average molecular weight is 371 g/mol. The number of aromatic nitrogens is 2. The first-order valence-electron chi connectivity index (χ1n) is 8.04. The van der Waals surface area contributed by atoms with Gasteiger partial charge in [0.2, 0.25) is 6.79 Å². The minimum Gasteiger partial charge on any atom is -0.454 e. The van der Waals surface area contributed by atoms with E-state index in [0.29, 0.717) is 38.7 Å². The summed E-state index contributed by atoms with van der Waals surface area (Å²) < 4.78 is 12.1. The van der Waals surface area contributed by atoms with Crippen LogP contribution < -0.4 is 15.0 Å². The highest BCUT2D eigenvalue weighted by atomic mass is 32.1. The van der Waals surface area contributed by atoms with Crippen molar-refractivity contribution in [2.75, 3.05) is 13.8 Å². The van der Waals surface area contributed by atoms with Gasteiger partial charge in [-0.2, -0.15) is 0 Å². The van der Waals surface area contributed by atoms with Crippen LogP contribution in [0.1, 0.15) is 20.8 Å². The fourth-order valence-electron chi connectivity index (χ4n) is 2.97. The topological polar surface area (TPSA) is 73.7 Å². The third-order valence-electron chi connectivity index (χ3n) is 4.41. The van der Waals surface area contributed by atoms with Gasteiger partial charge in [-0.1, -0.05) is 6.07 Å². The van der Waals surface area contributed by atoms with Crippen molar-refractivity contribution in [1.82, 2.24) is 14.5 Å². The van der Waals surface area contributed by atoms with E-state index in [1.807, 2.05) is 18.2 Å². The highest BCUT2D eigenvalue weighted by Gasteiger charge is 2.22. The lowest BCUT2D eigenvalue weighted by Crippen LogP contribution is -2.26. The van der Waals surface area contributed by atoms with E-state index >= 15 is 0 Å². The van der Waals surface area contributed by atoms with E-state index in [2.05, 4.69) is 4.98 Å². The van der Waals surface area contributed by atoms with Gasteiger partial charge in [-0.25, -0.2) is 4.98 Å². The number of amides is 1. The molecule has 3 aromatic rings. The van der Waals surface area contributed by atoms with Crippen molar-refractivity contribution >= 4 is 27.5 Å². The lowest BCUT2D eigenvalue weighted by molar-refractivity contribution is 0.0789. The van der Waals surface area contributed by atoms with Crippen molar-refractivity contribution in [2.24, 2.45) is 7.05 Å². The molecule has 1 aliphatic heterocycles. The second kappa shape index (κ2) is 6.14. The molecule has 1 aromatic carbocycles. The molecule has 0 atom stereocenters. The average Bonchev–Trinajstić information content (AvgIpc) is 3.21. The van der Waals surface area contributed by atoms with Gasteiger partial charge < -0.3 is 18.9 Å². The molecule has 0 fully saturated rings. The molecule has 1 aliphatic rings. The fourth-order valence-corrected chi connectivity index (χ4v) is 4.11. The summed E-state index contributed by atoms with van der Waals surface area (Å²) >= 11 is 1.25. The second-order valence-electron chi connectivity index (χ2n) is 6.25. The van der Waals surface area contributed by atoms with Crippen LogP contribution in [0.3, 0.4) is 0 Å². The van der Waals surface area contributed by atoms with Crippen LogP contribution in [-0.4, -0.2) is 34.2 Å². The maximum Gasteiger partial charge on any atom is 0.264 e. The van der Waals surface area contributed by atoms with E-state index in [0.717, 1.165) is 5.56 Å². The predicted octanol–water partition coefficient (Wildman–Crippen LogP) is 2.30. The zero-order chi connectivity index (χ0) is 18.4. The number of nitrogens with zero attached hydrogens (tertiary/aromatic N) is 3. The second-order valence-corrected chi connectivity index (χ2v) is 7.24. The Labute approximate surface area is 153 Å². The Kier molecular flexibility index (Phi) is 3.91. The molecule has 26 heavy (non-hydrogen) atoms. The number of thiophene rings is 1. The Balaban J connectivity index is 1.63. The number of hydrogen-bond donors (Lipinski definition) is 0. The number of carbonyl (C=O) groups excluding carboxylic acids is 1. The first kappa shape index (κ1) is 16.6. The summed E-state index contributed by atoms with van der Waals surface area (Å²) in [7, 11) is 3.39. The largest absolute Gasteiger partial charge is 0.454 e. The number of ether oxygens (including phenoxy) is 2. The van der Waals surface area contributed by atoms with Crippen molar-refractivity contribution in [3.05, 3.63) is 50.9 Å². The van der Waals surface area contributed by atoms with Gasteiger partial charge in [-0.05, 0) is 30.2 Å². The van der Waals surface area contributed by atoms with Gasteiger partial charge >= 0.3 is 0 Å². The summed E-state index contributed by atoms with van der Waals surface area (Å²) in [5.74, 6) is 1.27. The molecule has 0 unspecified atom stereocenters. The van der Waals surface area contributed by atoms with Gasteiger partial charge in [0.05, 0.1) is 16.6 Å². The highest BCUT2D eigenvalue weighted by molar-refractivity contribution is 7.20. The Morgan fingerprint density at radius 3 is 2.92 bits per heavy atom. The predicted molar refractivity (Wildman–Crippen MR) is 98.0 cm³/mol. The Hall–Kier alpha value is -2.87. The molecule has 3 heterocycles. The Bertz CT molecular complexity index is 1090. The molecule has 0 bridgehead atoms. The molecular formula is C18H17N3O4S. The standard InChI is InChI=1S/C18H17N3O4S/c1-10-14-16(19-8-21(3)17(14)22)26-15(10)18(23)20(2)7-11-4-5-12-13(6-11)25-9-24-12/h4-6,8H,7,9H2,1-3H3. The number of hydrogen-bond acceptors (Lipinski definition) is 6. The zero-order valence-corrected chi connectivity index (χ0v) is 15.4. The quantitative estimate of drug-likeness (QED) is 0.706. The summed E-state index contributed by atoms with van der Waals surface area (Å²) in [6.45, 7) is 2.44. The van der Waals surface area contributed by atoms with Gasteiger partial charge in [-0.3, -0.25) is 9.59 Å². The number of benzene rings is 1. The van der Waals surface area contributed by atoms with Crippen LogP contribution in [0.2, 0.25) is 0 Å². The van der Waals surface area contributed by atoms with E-state index in [1.165, 1.54) is 22.2 Å². The maximum absolute atomic E-state index is 12.9. The molecule has 0 N–H and O–H groups in total. The molecule has 1 amide bonds. The van der Waals surface area contributed by atoms with Crippen LogP contribution in [0.5, 0.6) is 11.5 Å². The molecule has 0 saturated heterocycles. The van der Waals surface area contributed by atoms with E-state index < -0.39 is 0 Å². The SMILES string of the molecule is Cc1c(C(=O)N(C)Cc2ccc3c(c2)OCO3)sc2ncn(C)c(=O)c12. The van der Waals surface area contributed by atoms with Crippen LogP contribution in [0.15, 0.2) is 29.3 Å². The highest BCUT2D eigenvalue weighted by Crippen LogP contribution is 2.33. The summed E-state index contributed by atoms with van der Waals surface area (Å²) in [5, 5.41) is 0.514. The molecule has 8 heteroatoms. The van der Waals surface area contributed by atoms with Gasteiger partial charge in [0.1, 0.15) is 4.83 Å². The lowest BCUT2D eigenvalue weighted by Gasteiger charge is -2.17. The molecular weight excluding hydrogens is 354 g/mol. The summed E-state index contributed by atoms with van der Waals surface area (Å²) in [5.41, 5.74) is 1.49. The zero-order valence-electron chi connectivity index (χ0n) is 14.6. The van der Waals surface area contributed by atoms with E-state index in [4.69, 9.17) is 9.47 Å². The van der Waals surface area contributed by atoms with E-state index in [-0.39, 0.29) is 18.3 Å². The minimum atomic E-state index is -0.138. The third kappa shape index (κ3) is 2.62. The smallest absolute Gasteiger partial charge is 0.264 e. The first-order chi connectivity index (χ1) is 12.5. The van der Waals surface area contributed by atoms with Crippen LogP contribution in [-0.2, 0) is 13.6 Å². The van der Waals surface area contributed by atoms with Crippen LogP contribution >= 0.6 is 11.3 Å². The molecule has 0 saturated carbocycles. The molecule has 2 aromatic heterocycles. The van der Waals surface area contributed by atoms with Gasteiger partial charge in [0.15, 0.2) is 11.5 Å². The lowest BCUT2D eigenvalue weighted by atomic mass is 10.1. The van der Waals surface area contributed by atoms with Crippen molar-refractivity contribution in [3.63, 3.8) is 0 Å². The van der Waals surface area contributed by atoms with Gasteiger partial charge in [0, 0.05) is 20.6 Å². The third-order valence-corrected chi connectivity index (χ3v) is 5.60. The minimum absolute atomic E-state index is 0.134. The van der Waals surface area contributed by atoms with Gasteiger partial charge in [-0.15, -0.1) is 11.3 Å². The molecule has 0 radical (unpaired) electrons. The number of aryl methyl sites for hydroxylation is 2. The number of fused-ring (bicyclic) bond motifs is 2. The van der Waals surface area contributed by atoms with Crippen molar-refractivity contribution in [2.45, 2.75) is 13.5 Å². The molecule has 0 aliphatic carbocycles. The van der Waals surface area contributed by atoms with E-state index in [1.54, 1.807) is 25.9 Å².